The third-order valence-electron chi connectivity index (χ3n) is 4.11. The number of ether oxygens (including phenoxy) is 1. The van der Waals surface area contributed by atoms with Gasteiger partial charge in [0.15, 0.2) is 6.10 Å². The van der Waals surface area contributed by atoms with Gasteiger partial charge >= 0.3 is 5.97 Å². The summed E-state index contributed by atoms with van der Waals surface area (Å²) in [7, 11) is 0. The average Bonchev–Trinajstić information content (AvgIpc) is 2.72. The second-order valence-corrected chi connectivity index (χ2v) is 7.24. The maximum atomic E-state index is 12.2. The van der Waals surface area contributed by atoms with E-state index in [1.165, 1.54) is 36.9 Å². The molecule has 0 bridgehead atoms. The third-order valence-corrected chi connectivity index (χ3v) is 5.08. The van der Waals surface area contributed by atoms with E-state index in [1.54, 1.807) is 6.07 Å². The van der Waals surface area contributed by atoms with Gasteiger partial charge in [0.1, 0.15) is 5.69 Å². The van der Waals surface area contributed by atoms with E-state index in [0.717, 1.165) is 15.7 Å². The lowest BCUT2D eigenvalue weighted by atomic mass is 10.1. The Morgan fingerprint density at radius 1 is 1.07 bits per heavy atom. The number of esters is 1. The predicted molar refractivity (Wildman–Crippen MR) is 112 cm³/mol. The highest BCUT2D eigenvalue weighted by atomic mass is 32.2. The van der Waals surface area contributed by atoms with Crippen LogP contribution in [0.3, 0.4) is 0 Å². The van der Waals surface area contributed by atoms with Crippen LogP contribution in [0.5, 0.6) is 0 Å². The summed E-state index contributed by atoms with van der Waals surface area (Å²) in [6, 6.07) is 19.6. The number of nitro benzene ring substituents is 1. The number of nitrogens with zero attached hydrogens (tertiary/aromatic N) is 1. The summed E-state index contributed by atoms with van der Waals surface area (Å²) in [6.45, 7) is 1.42. The van der Waals surface area contributed by atoms with Crippen molar-refractivity contribution in [3.63, 3.8) is 0 Å². The molecule has 0 saturated heterocycles. The smallest absolute Gasteiger partial charge is 0.317 e. The zero-order chi connectivity index (χ0) is 20.8. The number of para-hydroxylation sites is 2. The van der Waals surface area contributed by atoms with Gasteiger partial charge in [0, 0.05) is 11.0 Å². The van der Waals surface area contributed by atoms with E-state index < -0.39 is 22.9 Å². The molecule has 29 heavy (non-hydrogen) atoms. The number of hydrogen-bond acceptors (Lipinski definition) is 6. The Labute approximate surface area is 171 Å². The molecule has 3 aromatic rings. The molecule has 1 atom stereocenters. The van der Waals surface area contributed by atoms with Crippen molar-refractivity contribution in [3.05, 3.63) is 76.8 Å². The number of benzene rings is 3. The number of carbonyl (C=O) groups excluding carboxylic acids is 2. The Morgan fingerprint density at radius 3 is 2.52 bits per heavy atom. The van der Waals surface area contributed by atoms with E-state index in [9.17, 15) is 19.7 Å². The molecule has 1 N–H and O–H groups in total. The van der Waals surface area contributed by atoms with Gasteiger partial charge in [-0.1, -0.05) is 42.5 Å². The molecule has 0 aliphatic heterocycles. The molecule has 0 aliphatic carbocycles. The van der Waals surface area contributed by atoms with Crippen LogP contribution in [0.2, 0.25) is 0 Å². The molecule has 3 rings (SSSR count). The molecular formula is C21H18N2O5S. The molecule has 7 nitrogen and oxygen atoms in total. The molecule has 1 amide bonds. The lowest BCUT2D eigenvalue weighted by Crippen LogP contribution is -2.30. The highest BCUT2D eigenvalue weighted by Gasteiger charge is 2.21. The first-order valence-corrected chi connectivity index (χ1v) is 9.78. The van der Waals surface area contributed by atoms with Gasteiger partial charge in [-0.2, -0.15) is 0 Å². The van der Waals surface area contributed by atoms with Gasteiger partial charge in [-0.25, -0.2) is 0 Å². The van der Waals surface area contributed by atoms with Crippen LogP contribution < -0.4 is 5.32 Å². The summed E-state index contributed by atoms with van der Waals surface area (Å²) >= 11 is 1.31. The molecule has 0 fully saturated rings. The number of fused-ring (bicyclic) bond motifs is 1. The number of carbonyl (C=O) groups is 2. The SMILES string of the molecule is C[C@@H](OC(=O)CSc1ccc2ccccc2c1)C(=O)Nc1ccccc1[N+](=O)[O-]. The summed E-state index contributed by atoms with van der Waals surface area (Å²) in [6.07, 6.45) is -1.08. The second-order valence-electron chi connectivity index (χ2n) is 6.19. The first kappa shape index (κ1) is 20.3. The summed E-state index contributed by atoms with van der Waals surface area (Å²) in [4.78, 5) is 35.7. The van der Waals surface area contributed by atoms with Crippen LogP contribution in [0, 0.1) is 10.1 Å². The molecule has 3 aromatic carbocycles. The highest BCUT2D eigenvalue weighted by molar-refractivity contribution is 8.00. The topological polar surface area (TPSA) is 98.5 Å². The molecule has 0 unspecified atom stereocenters. The standard InChI is InChI=1S/C21H18N2O5S/c1-14(21(25)22-18-8-4-5-9-19(18)23(26)27)28-20(24)13-29-17-11-10-15-6-2-3-7-16(15)12-17/h2-12,14H,13H2,1H3,(H,22,25)/t14-/m1/s1. The number of hydrogen-bond donors (Lipinski definition) is 1. The molecule has 0 aromatic heterocycles. The zero-order valence-electron chi connectivity index (χ0n) is 15.5. The van der Waals surface area contributed by atoms with E-state index in [-0.39, 0.29) is 17.1 Å². The van der Waals surface area contributed by atoms with Crippen molar-refractivity contribution in [2.75, 3.05) is 11.1 Å². The van der Waals surface area contributed by atoms with Crippen LogP contribution in [0.15, 0.2) is 71.6 Å². The molecule has 0 saturated carbocycles. The minimum Gasteiger partial charge on any atom is -0.452 e. The van der Waals surface area contributed by atoms with Crippen molar-refractivity contribution in [2.45, 2.75) is 17.9 Å². The van der Waals surface area contributed by atoms with Crippen molar-refractivity contribution >= 4 is 45.8 Å². The number of anilines is 1. The fourth-order valence-electron chi connectivity index (χ4n) is 2.66. The Morgan fingerprint density at radius 2 is 1.76 bits per heavy atom. The van der Waals surface area contributed by atoms with Gasteiger partial charge in [0.25, 0.3) is 11.6 Å². The number of nitro groups is 1. The number of thioether (sulfide) groups is 1. The lowest BCUT2D eigenvalue weighted by molar-refractivity contribution is -0.383. The molecule has 148 valence electrons. The van der Waals surface area contributed by atoms with Gasteiger partial charge in [-0.05, 0) is 35.9 Å². The predicted octanol–water partition coefficient (Wildman–Crippen LogP) is 4.41. The van der Waals surface area contributed by atoms with Crippen LogP contribution >= 0.6 is 11.8 Å². The van der Waals surface area contributed by atoms with E-state index in [2.05, 4.69) is 5.32 Å². The lowest BCUT2D eigenvalue weighted by Gasteiger charge is -2.13. The van der Waals surface area contributed by atoms with Gasteiger partial charge in [0.05, 0.1) is 10.7 Å². The van der Waals surface area contributed by atoms with E-state index >= 15 is 0 Å². The van der Waals surface area contributed by atoms with Gasteiger partial charge in [-0.15, -0.1) is 11.8 Å². The summed E-state index contributed by atoms with van der Waals surface area (Å²) in [5, 5.41) is 15.6. The summed E-state index contributed by atoms with van der Waals surface area (Å²) in [5.41, 5.74) is -0.179. The van der Waals surface area contributed by atoms with Gasteiger partial charge < -0.3 is 10.1 Å². The largest absolute Gasteiger partial charge is 0.452 e. The molecule has 0 aliphatic rings. The van der Waals surface area contributed by atoms with Crippen molar-refractivity contribution < 1.29 is 19.2 Å². The molecule has 0 heterocycles. The van der Waals surface area contributed by atoms with E-state index in [4.69, 9.17) is 4.74 Å². The Bertz CT molecular complexity index is 1070. The van der Waals surface area contributed by atoms with Crippen molar-refractivity contribution in [1.29, 1.82) is 0 Å². The van der Waals surface area contributed by atoms with Crippen LogP contribution in [0.4, 0.5) is 11.4 Å². The summed E-state index contributed by atoms with van der Waals surface area (Å²) < 4.78 is 5.15. The van der Waals surface area contributed by atoms with Crippen molar-refractivity contribution in [3.8, 4) is 0 Å². The quantitative estimate of drug-likeness (QED) is 0.268. The highest BCUT2D eigenvalue weighted by Crippen LogP contribution is 2.25. The maximum Gasteiger partial charge on any atom is 0.317 e. The third kappa shape index (κ3) is 5.32. The fraction of sp³-hybridized carbons (Fsp3) is 0.143. The van der Waals surface area contributed by atoms with Crippen LogP contribution in [-0.2, 0) is 14.3 Å². The minimum atomic E-state index is -1.08. The van der Waals surface area contributed by atoms with Crippen LogP contribution in [0.1, 0.15) is 6.92 Å². The number of amides is 1. The van der Waals surface area contributed by atoms with Crippen LogP contribution in [-0.4, -0.2) is 28.7 Å². The average molecular weight is 410 g/mol. The first-order chi connectivity index (χ1) is 13.9. The van der Waals surface area contributed by atoms with Crippen molar-refractivity contribution in [1.82, 2.24) is 0 Å². The monoisotopic (exact) mass is 410 g/mol. The normalized spacial score (nSPS) is 11.6. The Hall–Kier alpha value is -3.39. The zero-order valence-corrected chi connectivity index (χ0v) is 16.3. The number of rotatable bonds is 7. The van der Waals surface area contributed by atoms with E-state index in [0.29, 0.717) is 0 Å². The second kappa shape index (κ2) is 9.20. The van der Waals surface area contributed by atoms with Crippen LogP contribution in [0.25, 0.3) is 10.8 Å². The molecule has 0 radical (unpaired) electrons. The number of nitrogens with one attached hydrogen (secondary N) is 1. The first-order valence-electron chi connectivity index (χ1n) is 8.79. The molecule has 8 heteroatoms. The van der Waals surface area contributed by atoms with Gasteiger partial charge in [-0.3, -0.25) is 19.7 Å². The molecular weight excluding hydrogens is 392 g/mol. The molecule has 0 spiro atoms. The Balaban J connectivity index is 1.54. The van der Waals surface area contributed by atoms with E-state index in [1.807, 2.05) is 42.5 Å². The minimum absolute atomic E-state index is 0.0431. The van der Waals surface area contributed by atoms with Crippen molar-refractivity contribution in [2.24, 2.45) is 0 Å². The Kier molecular flexibility index (Phi) is 6.46. The fourth-order valence-corrected chi connectivity index (χ4v) is 3.38. The summed E-state index contributed by atoms with van der Waals surface area (Å²) in [5.74, 6) is -1.14. The maximum absolute atomic E-state index is 12.2. The van der Waals surface area contributed by atoms with Gasteiger partial charge in [0.2, 0.25) is 0 Å².